The lowest BCUT2D eigenvalue weighted by molar-refractivity contribution is 1.18. The first-order chi connectivity index (χ1) is 29.3. The van der Waals surface area contributed by atoms with Crippen LogP contribution in [0.4, 0.5) is 0 Å². The van der Waals surface area contributed by atoms with Crippen molar-refractivity contribution in [3.63, 3.8) is 0 Å². The number of para-hydroxylation sites is 4. The average Bonchev–Trinajstić information content (AvgIpc) is 4.08. The lowest BCUT2D eigenvalue weighted by Crippen LogP contribution is -1.93. The molecule has 6 aromatic heterocycles. The fourth-order valence-electron chi connectivity index (χ4n) is 11.1. The number of pyridine rings is 1. The Kier molecular flexibility index (Phi) is 5.38. The van der Waals surface area contributed by atoms with Gasteiger partial charge in [-0.15, -0.1) is 0 Å². The molecule has 0 spiro atoms. The second kappa shape index (κ2) is 10.5. The minimum atomic E-state index is 1.00. The van der Waals surface area contributed by atoms with E-state index in [1.165, 1.54) is 125 Å². The summed E-state index contributed by atoms with van der Waals surface area (Å²) >= 11 is 0. The Morgan fingerprint density at radius 3 is 1.90 bits per heavy atom. The number of rotatable bonds is 2. The highest BCUT2D eigenvalue weighted by atomic mass is 15.0. The summed E-state index contributed by atoms with van der Waals surface area (Å²) in [7, 11) is 0. The Labute approximate surface area is 335 Å². The molecule has 0 saturated carbocycles. The molecule has 0 N–H and O–H groups in total. The number of aromatic nitrogens is 4. The molecule has 0 radical (unpaired) electrons. The molecular formula is C55H30N4. The van der Waals surface area contributed by atoms with E-state index in [9.17, 15) is 0 Å². The minimum Gasteiger partial charge on any atom is -0.309 e. The van der Waals surface area contributed by atoms with Crippen LogP contribution in [-0.2, 0) is 0 Å². The second-order valence-electron chi connectivity index (χ2n) is 16.3. The zero-order chi connectivity index (χ0) is 38.1. The van der Waals surface area contributed by atoms with Gasteiger partial charge < -0.3 is 8.97 Å². The van der Waals surface area contributed by atoms with Gasteiger partial charge in [0, 0.05) is 65.1 Å². The summed E-state index contributed by atoms with van der Waals surface area (Å²) in [6, 6.07) is 65.0. The number of nitrogens with zero attached hydrogens (tertiary/aromatic N) is 4. The third-order valence-electron chi connectivity index (χ3n) is 13.5. The van der Waals surface area contributed by atoms with Crippen molar-refractivity contribution in [2.45, 2.75) is 0 Å². The Morgan fingerprint density at radius 1 is 0.339 bits per heavy atom. The Morgan fingerprint density at radius 2 is 1.02 bits per heavy atom. The maximum atomic E-state index is 5.48. The minimum absolute atomic E-state index is 1.00. The quantitative estimate of drug-likeness (QED) is 0.173. The van der Waals surface area contributed by atoms with E-state index in [0.717, 1.165) is 11.2 Å². The van der Waals surface area contributed by atoms with Crippen molar-refractivity contribution in [3.8, 4) is 16.8 Å². The van der Waals surface area contributed by atoms with Gasteiger partial charge in [-0.2, -0.15) is 0 Å². The standard InChI is InChI=1S/C55H30N4/c1-2-15-35(16-3-1)57-45-23-9-8-18-38(45)42-27-34(24-25-46(42)57)37-19-10-20-39-40-21-11-22-41-51-50-44-28-33-14-6-7-17-36(33)49-43-26-31-12-4-5-13-32(31)29-47(43)58(54(44)49)48(50)30-56-55(51)59(52(37)39)53(40)41/h1-30H. The van der Waals surface area contributed by atoms with Gasteiger partial charge in [0.15, 0.2) is 0 Å². The Balaban J connectivity index is 1.08. The molecule has 0 aliphatic carbocycles. The van der Waals surface area contributed by atoms with E-state index in [-0.39, 0.29) is 0 Å². The maximum absolute atomic E-state index is 5.48. The van der Waals surface area contributed by atoms with Gasteiger partial charge in [-0.3, -0.25) is 4.40 Å². The molecule has 15 rings (SSSR count). The molecule has 6 heterocycles. The van der Waals surface area contributed by atoms with Crippen LogP contribution >= 0.6 is 0 Å². The van der Waals surface area contributed by atoms with Crippen LogP contribution < -0.4 is 0 Å². The van der Waals surface area contributed by atoms with E-state index in [0.29, 0.717) is 0 Å². The largest absolute Gasteiger partial charge is 0.309 e. The molecule has 0 aliphatic heterocycles. The average molecular weight is 747 g/mol. The Bertz CT molecular complexity index is 4300. The lowest BCUT2D eigenvalue weighted by Gasteiger charge is -2.09. The van der Waals surface area contributed by atoms with Crippen molar-refractivity contribution in [1.82, 2.24) is 18.4 Å². The molecule has 4 nitrogen and oxygen atoms in total. The first kappa shape index (κ1) is 30.2. The third-order valence-corrected chi connectivity index (χ3v) is 13.5. The molecular weight excluding hydrogens is 717 g/mol. The molecule has 15 aromatic rings. The monoisotopic (exact) mass is 746 g/mol. The summed E-state index contributed by atoms with van der Waals surface area (Å²) in [4.78, 5) is 5.48. The summed E-state index contributed by atoms with van der Waals surface area (Å²) in [5.74, 6) is 0. The normalized spacial score (nSPS) is 12.7. The van der Waals surface area contributed by atoms with Crippen molar-refractivity contribution in [1.29, 1.82) is 0 Å². The van der Waals surface area contributed by atoms with Gasteiger partial charge in [0.25, 0.3) is 0 Å². The van der Waals surface area contributed by atoms with Gasteiger partial charge in [0.05, 0.1) is 44.8 Å². The van der Waals surface area contributed by atoms with Crippen LogP contribution in [0, 0.1) is 0 Å². The van der Waals surface area contributed by atoms with Crippen LogP contribution in [0.25, 0.3) is 136 Å². The van der Waals surface area contributed by atoms with Gasteiger partial charge in [0.1, 0.15) is 5.65 Å². The van der Waals surface area contributed by atoms with Crippen molar-refractivity contribution in [2.75, 3.05) is 0 Å². The van der Waals surface area contributed by atoms with Crippen LogP contribution in [0.2, 0.25) is 0 Å². The van der Waals surface area contributed by atoms with Gasteiger partial charge in [-0.1, -0.05) is 127 Å². The summed E-state index contributed by atoms with van der Waals surface area (Å²) < 4.78 is 7.36. The molecule has 0 aliphatic rings. The molecule has 4 heteroatoms. The van der Waals surface area contributed by atoms with Gasteiger partial charge in [0.2, 0.25) is 0 Å². The van der Waals surface area contributed by atoms with Gasteiger partial charge >= 0.3 is 0 Å². The fourth-order valence-corrected chi connectivity index (χ4v) is 11.1. The van der Waals surface area contributed by atoms with Crippen molar-refractivity contribution in [2.24, 2.45) is 0 Å². The first-order valence-electron chi connectivity index (χ1n) is 20.4. The highest BCUT2D eigenvalue weighted by molar-refractivity contribution is 6.38. The maximum Gasteiger partial charge on any atom is 0.146 e. The lowest BCUT2D eigenvalue weighted by atomic mass is 9.97. The van der Waals surface area contributed by atoms with Crippen LogP contribution in [0.1, 0.15) is 0 Å². The molecule has 0 atom stereocenters. The highest BCUT2D eigenvalue weighted by Gasteiger charge is 2.27. The van der Waals surface area contributed by atoms with Gasteiger partial charge in [-0.25, -0.2) is 4.98 Å². The predicted octanol–water partition coefficient (Wildman–Crippen LogP) is 14.5. The van der Waals surface area contributed by atoms with Crippen molar-refractivity contribution < 1.29 is 0 Å². The summed E-state index contributed by atoms with van der Waals surface area (Å²) in [5.41, 5.74) is 13.1. The van der Waals surface area contributed by atoms with Crippen LogP contribution in [-0.4, -0.2) is 18.4 Å². The van der Waals surface area contributed by atoms with E-state index in [2.05, 4.69) is 195 Å². The van der Waals surface area contributed by atoms with Crippen molar-refractivity contribution >= 4 is 120 Å². The predicted molar refractivity (Wildman–Crippen MR) is 248 cm³/mol. The summed E-state index contributed by atoms with van der Waals surface area (Å²) in [6.07, 6.45) is 2.14. The number of benzene rings is 9. The van der Waals surface area contributed by atoms with E-state index in [1.54, 1.807) is 0 Å². The molecule has 9 aromatic carbocycles. The molecule has 0 unspecified atom stereocenters. The fraction of sp³-hybridized carbons (Fsp3) is 0. The van der Waals surface area contributed by atoms with E-state index in [1.807, 2.05) is 0 Å². The van der Waals surface area contributed by atoms with E-state index >= 15 is 0 Å². The topological polar surface area (TPSA) is 26.6 Å². The smallest absolute Gasteiger partial charge is 0.146 e. The molecule has 0 saturated heterocycles. The number of fused-ring (bicyclic) bond motifs is 19. The van der Waals surface area contributed by atoms with Crippen LogP contribution in [0.5, 0.6) is 0 Å². The second-order valence-corrected chi connectivity index (χ2v) is 16.3. The van der Waals surface area contributed by atoms with Crippen molar-refractivity contribution in [3.05, 3.63) is 182 Å². The molecule has 0 bridgehead atoms. The highest BCUT2D eigenvalue weighted by Crippen LogP contribution is 2.49. The van der Waals surface area contributed by atoms with Gasteiger partial charge in [-0.05, 0) is 75.6 Å². The molecule has 0 fully saturated rings. The SMILES string of the molecule is c1ccc(-n2c3ccccc3c3cc(-c4cccc5c6cccc7c8c9c%10cc%11ccccc%11c%11c%12cc%13ccccc%13cc%12n(c9cnc8n(c45)c67)c%10%11)ccc32)cc1. The number of hydrogen-bond acceptors (Lipinski definition) is 1. The molecule has 270 valence electrons. The summed E-state index contributed by atoms with van der Waals surface area (Å²) in [6.45, 7) is 0. The zero-order valence-electron chi connectivity index (χ0n) is 31.6. The molecule has 0 amide bonds. The number of hydrogen-bond donors (Lipinski definition) is 0. The zero-order valence-corrected chi connectivity index (χ0v) is 31.6. The first-order valence-corrected chi connectivity index (χ1v) is 20.4. The van der Waals surface area contributed by atoms with Crippen LogP contribution in [0.3, 0.4) is 0 Å². The molecule has 59 heavy (non-hydrogen) atoms. The van der Waals surface area contributed by atoms with E-state index in [4.69, 9.17) is 4.98 Å². The Hall–Kier alpha value is -7.95. The van der Waals surface area contributed by atoms with Crippen LogP contribution in [0.15, 0.2) is 182 Å². The van der Waals surface area contributed by atoms with E-state index < -0.39 is 0 Å². The third kappa shape index (κ3) is 3.60. The summed E-state index contributed by atoms with van der Waals surface area (Å²) in [5, 5.41) is 17.7.